The lowest BCUT2D eigenvalue weighted by molar-refractivity contribution is 0.886. The lowest BCUT2D eigenvalue weighted by atomic mass is 10.3. The highest BCUT2D eigenvalue weighted by molar-refractivity contribution is 8.00. The highest BCUT2D eigenvalue weighted by Crippen LogP contribution is 2.34. The predicted molar refractivity (Wildman–Crippen MR) is 63.4 cm³/mol. The van der Waals surface area contributed by atoms with Gasteiger partial charge in [0.25, 0.3) is 0 Å². The summed E-state index contributed by atoms with van der Waals surface area (Å²) in [5.74, 6) is 0.0346. The van der Waals surface area contributed by atoms with Crippen molar-refractivity contribution in [2.24, 2.45) is 5.73 Å². The highest BCUT2D eigenvalue weighted by Gasteiger charge is 2.16. The van der Waals surface area contributed by atoms with Gasteiger partial charge in [-0.3, -0.25) is 10.4 Å². The van der Waals surface area contributed by atoms with Gasteiger partial charge in [0.15, 0.2) is 0 Å². The summed E-state index contributed by atoms with van der Waals surface area (Å²) in [5.41, 5.74) is 5.90. The zero-order valence-electron chi connectivity index (χ0n) is 8.57. The summed E-state index contributed by atoms with van der Waals surface area (Å²) >= 11 is 1.90. The molecule has 1 aliphatic rings. The first-order valence-corrected chi connectivity index (χ1v) is 6.11. The fourth-order valence-electron chi connectivity index (χ4n) is 1.81. The Balaban J connectivity index is 2.00. The Kier molecular flexibility index (Phi) is 3.26. The van der Waals surface area contributed by atoms with Gasteiger partial charge in [-0.1, -0.05) is 12.8 Å². The molecular weight excluding hydrogens is 206 g/mol. The second-order valence-corrected chi connectivity index (χ2v) is 5.19. The van der Waals surface area contributed by atoms with E-state index in [1.807, 2.05) is 30.1 Å². The molecule has 1 aliphatic carbocycles. The summed E-state index contributed by atoms with van der Waals surface area (Å²) in [4.78, 5) is 5.34. The van der Waals surface area contributed by atoms with E-state index >= 15 is 0 Å². The van der Waals surface area contributed by atoms with Gasteiger partial charge in [0.1, 0.15) is 11.5 Å². The molecular formula is C11H15N3S. The van der Waals surface area contributed by atoms with Crippen molar-refractivity contribution < 1.29 is 0 Å². The van der Waals surface area contributed by atoms with Crippen LogP contribution < -0.4 is 5.73 Å². The van der Waals surface area contributed by atoms with E-state index in [2.05, 4.69) is 4.98 Å². The van der Waals surface area contributed by atoms with Crippen LogP contribution in [-0.4, -0.2) is 16.1 Å². The smallest absolute Gasteiger partial charge is 0.141 e. The maximum atomic E-state index is 7.24. The average molecular weight is 221 g/mol. The van der Waals surface area contributed by atoms with Crippen LogP contribution in [0, 0.1) is 5.41 Å². The normalized spacial score (nSPS) is 16.8. The van der Waals surface area contributed by atoms with Crippen LogP contribution in [0.3, 0.4) is 0 Å². The number of rotatable bonds is 3. The molecule has 0 unspecified atom stereocenters. The van der Waals surface area contributed by atoms with Crippen molar-refractivity contribution in [1.82, 2.24) is 4.98 Å². The molecule has 15 heavy (non-hydrogen) atoms. The summed E-state index contributed by atoms with van der Waals surface area (Å²) < 4.78 is 0. The first-order chi connectivity index (χ1) is 7.25. The minimum Gasteiger partial charge on any atom is -0.382 e. The van der Waals surface area contributed by atoms with Crippen molar-refractivity contribution in [2.75, 3.05) is 0 Å². The first kappa shape index (κ1) is 10.5. The molecule has 0 aromatic carbocycles. The van der Waals surface area contributed by atoms with Gasteiger partial charge < -0.3 is 5.73 Å². The van der Waals surface area contributed by atoms with E-state index in [0.717, 1.165) is 5.25 Å². The third-order valence-corrected chi connectivity index (χ3v) is 3.94. The Morgan fingerprint density at radius 3 is 2.67 bits per heavy atom. The molecule has 0 atom stereocenters. The second-order valence-electron chi connectivity index (χ2n) is 3.82. The van der Waals surface area contributed by atoms with Gasteiger partial charge in [-0.05, 0) is 25.0 Å². The highest BCUT2D eigenvalue weighted by atomic mass is 32.2. The van der Waals surface area contributed by atoms with Gasteiger partial charge in [0, 0.05) is 16.3 Å². The zero-order valence-corrected chi connectivity index (χ0v) is 9.39. The van der Waals surface area contributed by atoms with E-state index in [0.29, 0.717) is 5.69 Å². The van der Waals surface area contributed by atoms with Crippen LogP contribution >= 0.6 is 11.8 Å². The minimum absolute atomic E-state index is 0.0346. The number of nitrogens with one attached hydrogen (secondary N) is 1. The fraction of sp³-hybridized carbons (Fsp3) is 0.455. The molecule has 3 N–H and O–H groups in total. The van der Waals surface area contributed by atoms with Gasteiger partial charge in [-0.15, -0.1) is 11.8 Å². The van der Waals surface area contributed by atoms with E-state index in [1.54, 1.807) is 0 Å². The van der Waals surface area contributed by atoms with Crippen molar-refractivity contribution in [1.29, 1.82) is 5.41 Å². The molecule has 1 saturated carbocycles. The number of amidine groups is 1. The predicted octanol–water partition coefficient (Wildman–Crippen LogP) is 2.40. The molecule has 80 valence electrons. The summed E-state index contributed by atoms with van der Waals surface area (Å²) in [5, 5.41) is 8.00. The molecule has 2 rings (SSSR count). The molecule has 0 spiro atoms. The van der Waals surface area contributed by atoms with Gasteiger partial charge in [-0.25, -0.2) is 0 Å². The molecule has 0 bridgehead atoms. The SMILES string of the molecule is N=C(N)c1ccc(SC2CCCC2)cn1. The topological polar surface area (TPSA) is 62.8 Å². The molecule has 0 aliphatic heterocycles. The van der Waals surface area contributed by atoms with Crippen LogP contribution in [0.2, 0.25) is 0 Å². The number of nitrogens with two attached hydrogens (primary N) is 1. The maximum absolute atomic E-state index is 7.24. The largest absolute Gasteiger partial charge is 0.382 e. The molecule has 1 aromatic rings. The Morgan fingerprint density at radius 2 is 2.13 bits per heavy atom. The minimum atomic E-state index is 0.0346. The quantitative estimate of drug-likeness (QED) is 0.608. The first-order valence-electron chi connectivity index (χ1n) is 5.23. The summed E-state index contributed by atoms with van der Waals surface area (Å²) in [6, 6.07) is 3.83. The molecule has 1 heterocycles. The van der Waals surface area contributed by atoms with E-state index < -0.39 is 0 Å². The van der Waals surface area contributed by atoms with Crippen molar-refractivity contribution in [3.05, 3.63) is 24.0 Å². The Hall–Kier alpha value is -1.03. The van der Waals surface area contributed by atoms with Gasteiger partial charge in [0.05, 0.1) is 0 Å². The van der Waals surface area contributed by atoms with Crippen molar-refractivity contribution in [3.63, 3.8) is 0 Å². The maximum Gasteiger partial charge on any atom is 0.141 e. The second kappa shape index (κ2) is 4.66. The third-order valence-electron chi connectivity index (χ3n) is 2.62. The van der Waals surface area contributed by atoms with E-state index in [9.17, 15) is 0 Å². The summed E-state index contributed by atoms with van der Waals surface area (Å²) in [6.07, 6.45) is 7.17. The molecule has 3 nitrogen and oxygen atoms in total. The Labute approximate surface area is 94.0 Å². The monoisotopic (exact) mass is 221 g/mol. The van der Waals surface area contributed by atoms with Crippen LogP contribution in [0.4, 0.5) is 0 Å². The van der Waals surface area contributed by atoms with Crippen LogP contribution in [0.15, 0.2) is 23.2 Å². The fourth-order valence-corrected chi connectivity index (χ4v) is 3.02. The molecule has 1 aromatic heterocycles. The number of hydrogen-bond donors (Lipinski definition) is 2. The van der Waals surface area contributed by atoms with E-state index in [1.165, 1.54) is 30.6 Å². The van der Waals surface area contributed by atoms with E-state index in [4.69, 9.17) is 11.1 Å². The lowest BCUT2D eigenvalue weighted by Gasteiger charge is -2.08. The molecule has 0 amide bonds. The van der Waals surface area contributed by atoms with Crippen LogP contribution in [0.5, 0.6) is 0 Å². The van der Waals surface area contributed by atoms with Crippen LogP contribution in [-0.2, 0) is 0 Å². The standard InChI is InChI=1S/C11H15N3S/c12-11(13)10-6-5-9(7-14-10)15-8-3-1-2-4-8/h5-8H,1-4H2,(H3,12,13). The summed E-state index contributed by atoms with van der Waals surface area (Å²) in [7, 11) is 0. The van der Waals surface area contributed by atoms with Crippen LogP contribution in [0.1, 0.15) is 31.4 Å². The van der Waals surface area contributed by atoms with Gasteiger partial charge in [-0.2, -0.15) is 0 Å². The number of hydrogen-bond acceptors (Lipinski definition) is 3. The number of nitrogen functional groups attached to an aromatic ring is 1. The molecule has 4 heteroatoms. The van der Waals surface area contributed by atoms with Crippen molar-refractivity contribution in [2.45, 2.75) is 35.8 Å². The van der Waals surface area contributed by atoms with Crippen LogP contribution in [0.25, 0.3) is 0 Å². The molecule has 0 radical (unpaired) electrons. The van der Waals surface area contributed by atoms with E-state index in [-0.39, 0.29) is 5.84 Å². The number of nitrogens with zero attached hydrogens (tertiary/aromatic N) is 1. The van der Waals surface area contributed by atoms with Gasteiger partial charge in [0.2, 0.25) is 0 Å². The van der Waals surface area contributed by atoms with Gasteiger partial charge >= 0.3 is 0 Å². The third kappa shape index (κ3) is 2.72. The average Bonchev–Trinajstić information content (AvgIpc) is 2.71. The number of thioether (sulfide) groups is 1. The van der Waals surface area contributed by atoms with Crippen molar-refractivity contribution >= 4 is 17.6 Å². The Morgan fingerprint density at radius 1 is 1.40 bits per heavy atom. The lowest BCUT2D eigenvalue weighted by Crippen LogP contribution is -2.12. The Bertz CT molecular complexity index is 341. The number of aromatic nitrogens is 1. The molecule has 0 saturated heterocycles. The molecule has 1 fully saturated rings. The van der Waals surface area contributed by atoms with Crippen molar-refractivity contribution in [3.8, 4) is 0 Å². The zero-order chi connectivity index (χ0) is 10.7. The summed E-state index contributed by atoms with van der Waals surface area (Å²) in [6.45, 7) is 0. The number of pyridine rings is 1.